The van der Waals surface area contributed by atoms with E-state index >= 15 is 0 Å². The number of aromatic amines is 1. The predicted octanol–water partition coefficient (Wildman–Crippen LogP) is 2.03. The Morgan fingerprint density at radius 1 is 0.762 bits per heavy atom. The van der Waals surface area contributed by atoms with Crippen LogP contribution in [0.3, 0.4) is 0 Å². The number of hydrogen-bond acceptors (Lipinski definition) is 3. The average Bonchev–Trinajstić information content (AvgIpc) is 2.51. The number of H-pyrrole nitrogens is 1. The molecule has 21 heavy (non-hydrogen) atoms. The van der Waals surface area contributed by atoms with E-state index in [9.17, 15) is 14.4 Å². The van der Waals surface area contributed by atoms with Gasteiger partial charge in [-0.05, 0) is 55.0 Å². The maximum Gasteiger partial charge on any atom is 0.248 e. The number of carbonyl (C=O) groups excluding carboxylic acids is 2. The maximum atomic E-state index is 12.6. The smallest absolute Gasteiger partial charge is 0.248 e. The van der Waals surface area contributed by atoms with Crippen LogP contribution >= 0.6 is 0 Å². The van der Waals surface area contributed by atoms with Gasteiger partial charge in [0.1, 0.15) is 5.69 Å². The first kappa shape index (κ1) is 12.3. The lowest BCUT2D eigenvalue weighted by molar-refractivity contribution is 0.0975. The van der Waals surface area contributed by atoms with Crippen LogP contribution in [-0.2, 0) is 12.8 Å². The SMILES string of the molecule is O=C1c2cc3c(cc2C(=O)c2[nH]c(=O)ccc21)CCCC3. The molecule has 2 aliphatic rings. The minimum absolute atomic E-state index is 0.121. The maximum absolute atomic E-state index is 12.6. The summed E-state index contributed by atoms with van der Waals surface area (Å²) in [4.78, 5) is 39.1. The van der Waals surface area contributed by atoms with Crippen molar-refractivity contribution in [3.8, 4) is 0 Å². The van der Waals surface area contributed by atoms with Gasteiger partial charge in [-0.3, -0.25) is 14.4 Å². The average molecular weight is 279 g/mol. The third-order valence-electron chi connectivity index (χ3n) is 4.36. The molecule has 4 rings (SSSR count). The summed E-state index contributed by atoms with van der Waals surface area (Å²) in [6, 6.07) is 6.45. The monoisotopic (exact) mass is 279 g/mol. The van der Waals surface area contributed by atoms with E-state index in [0.717, 1.165) is 31.2 Å². The number of aromatic nitrogens is 1. The number of carbonyl (C=O) groups is 2. The Balaban J connectivity index is 1.98. The Bertz CT molecular complexity index is 861. The lowest BCUT2D eigenvalue weighted by Crippen LogP contribution is -2.26. The molecule has 1 N–H and O–H groups in total. The van der Waals surface area contributed by atoms with Crippen molar-refractivity contribution < 1.29 is 9.59 Å². The van der Waals surface area contributed by atoms with E-state index in [1.165, 1.54) is 17.7 Å². The summed E-state index contributed by atoms with van der Waals surface area (Å²) in [6.07, 6.45) is 4.14. The third kappa shape index (κ3) is 1.72. The molecule has 4 nitrogen and oxygen atoms in total. The number of aryl methyl sites for hydroxylation is 2. The van der Waals surface area contributed by atoms with Gasteiger partial charge in [-0.2, -0.15) is 0 Å². The van der Waals surface area contributed by atoms with Crippen molar-refractivity contribution in [2.24, 2.45) is 0 Å². The molecular formula is C17H13NO3. The number of benzene rings is 1. The summed E-state index contributed by atoms with van der Waals surface area (Å²) in [5, 5.41) is 0. The van der Waals surface area contributed by atoms with Gasteiger partial charge in [-0.25, -0.2) is 0 Å². The molecule has 4 heteroatoms. The van der Waals surface area contributed by atoms with E-state index in [4.69, 9.17) is 0 Å². The molecule has 104 valence electrons. The molecule has 0 spiro atoms. The van der Waals surface area contributed by atoms with Crippen molar-refractivity contribution in [2.45, 2.75) is 25.7 Å². The molecule has 0 aliphatic heterocycles. The topological polar surface area (TPSA) is 67.0 Å². The zero-order valence-corrected chi connectivity index (χ0v) is 11.4. The predicted molar refractivity (Wildman–Crippen MR) is 77.0 cm³/mol. The molecule has 0 saturated heterocycles. The second-order valence-electron chi connectivity index (χ2n) is 5.64. The van der Waals surface area contributed by atoms with Gasteiger partial charge < -0.3 is 4.98 Å². The first-order valence-electron chi connectivity index (χ1n) is 7.13. The highest BCUT2D eigenvalue weighted by Crippen LogP contribution is 2.31. The largest absolute Gasteiger partial charge is 0.319 e. The number of pyridine rings is 1. The van der Waals surface area contributed by atoms with Crippen molar-refractivity contribution >= 4 is 11.6 Å². The van der Waals surface area contributed by atoms with Crippen molar-refractivity contribution in [1.29, 1.82) is 0 Å². The number of hydrogen-bond donors (Lipinski definition) is 1. The Hall–Kier alpha value is -2.49. The lowest BCUT2D eigenvalue weighted by Gasteiger charge is -2.22. The molecule has 2 aliphatic carbocycles. The fourth-order valence-electron chi connectivity index (χ4n) is 3.28. The van der Waals surface area contributed by atoms with Gasteiger partial charge in [0.2, 0.25) is 11.3 Å². The molecular weight excluding hydrogens is 266 g/mol. The molecule has 0 bridgehead atoms. The van der Waals surface area contributed by atoms with E-state index in [1.807, 2.05) is 12.1 Å². The number of fused-ring (bicyclic) bond motifs is 3. The van der Waals surface area contributed by atoms with Crippen LogP contribution < -0.4 is 5.56 Å². The van der Waals surface area contributed by atoms with Crippen LogP contribution in [0.25, 0.3) is 0 Å². The molecule has 0 saturated carbocycles. The minimum Gasteiger partial charge on any atom is -0.319 e. The van der Waals surface area contributed by atoms with Gasteiger partial charge in [-0.15, -0.1) is 0 Å². The normalized spacial score (nSPS) is 16.2. The summed E-state index contributed by atoms with van der Waals surface area (Å²) >= 11 is 0. The number of ketones is 2. The zero-order chi connectivity index (χ0) is 14.6. The Kier molecular flexibility index (Phi) is 2.48. The third-order valence-corrected chi connectivity index (χ3v) is 4.36. The van der Waals surface area contributed by atoms with Gasteiger partial charge in [0.15, 0.2) is 5.78 Å². The lowest BCUT2D eigenvalue weighted by atomic mass is 9.81. The molecule has 1 aromatic carbocycles. The van der Waals surface area contributed by atoms with Crippen molar-refractivity contribution in [2.75, 3.05) is 0 Å². The summed E-state index contributed by atoms with van der Waals surface area (Å²) < 4.78 is 0. The Labute approximate surface area is 120 Å². The highest BCUT2D eigenvalue weighted by Gasteiger charge is 2.31. The number of rotatable bonds is 0. The van der Waals surface area contributed by atoms with Gasteiger partial charge in [0.25, 0.3) is 0 Å². The summed E-state index contributed by atoms with van der Waals surface area (Å²) in [7, 11) is 0. The second kappa shape index (κ2) is 4.25. The molecule has 1 aromatic heterocycles. The van der Waals surface area contributed by atoms with Crippen LogP contribution in [0.4, 0.5) is 0 Å². The van der Waals surface area contributed by atoms with E-state index in [1.54, 1.807) is 0 Å². The fraction of sp³-hybridized carbons (Fsp3) is 0.235. The first-order valence-corrected chi connectivity index (χ1v) is 7.13. The molecule has 0 unspecified atom stereocenters. The van der Waals surface area contributed by atoms with Gasteiger partial charge in [0, 0.05) is 17.2 Å². The highest BCUT2D eigenvalue weighted by molar-refractivity contribution is 6.27. The second-order valence-corrected chi connectivity index (χ2v) is 5.64. The zero-order valence-electron chi connectivity index (χ0n) is 11.4. The van der Waals surface area contributed by atoms with E-state index in [2.05, 4.69) is 4.98 Å². The van der Waals surface area contributed by atoms with Crippen LogP contribution in [-0.4, -0.2) is 16.6 Å². The summed E-state index contributed by atoms with van der Waals surface area (Å²) in [5.74, 6) is -0.435. The van der Waals surface area contributed by atoms with Gasteiger partial charge in [-0.1, -0.05) is 0 Å². The Morgan fingerprint density at radius 2 is 1.38 bits per heavy atom. The van der Waals surface area contributed by atoms with Crippen LogP contribution in [0.2, 0.25) is 0 Å². The van der Waals surface area contributed by atoms with Crippen LogP contribution in [0, 0.1) is 0 Å². The first-order chi connectivity index (χ1) is 10.1. The standard InChI is InChI=1S/C17H13NO3/c19-14-6-5-11-15(18-14)17(21)13-8-10-4-2-1-3-9(10)7-12(13)16(11)20/h5-8H,1-4H2,(H,18,19). The Morgan fingerprint density at radius 3 is 2.05 bits per heavy atom. The van der Waals surface area contributed by atoms with Crippen LogP contribution in [0.1, 0.15) is 55.9 Å². The van der Waals surface area contributed by atoms with Crippen molar-refractivity contribution in [3.63, 3.8) is 0 Å². The van der Waals surface area contributed by atoms with Crippen LogP contribution in [0.5, 0.6) is 0 Å². The molecule has 0 radical (unpaired) electrons. The van der Waals surface area contributed by atoms with Gasteiger partial charge in [0.05, 0.1) is 5.56 Å². The molecule has 0 amide bonds. The van der Waals surface area contributed by atoms with Crippen LogP contribution in [0.15, 0.2) is 29.1 Å². The fourth-order valence-corrected chi connectivity index (χ4v) is 3.28. The number of nitrogens with one attached hydrogen (secondary N) is 1. The molecule has 0 fully saturated rings. The summed E-state index contributed by atoms with van der Waals surface area (Å²) in [6.45, 7) is 0. The van der Waals surface area contributed by atoms with E-state index in [-0.39, 0.29) is 22.8 Å². The highest BCUT2D eigenvalue weighted by atomic mass is 16.1. The quantitative estimate of drug-likeness (QED) is 0.684. The van der Waals surface area contributed by atoms with E-state index in [0.29, 0.717) is 16.7 Å². The van der Waals surface area contributed by atoms with E-state index < -0.39 is 0 Å². The van der Waals surface area contributed by atoms with Crippen molar-refractivity contribution in [3.05, 3.63) is 68.1 Å². The molecule has 0 atom stereocenters. The summed E-state index contributed by atoms with van der Waals surface area (Å²) in [5.41, 5.74) is 3.28. The molecule has 1 heterocycles. The molecule has 2 aromatic rings. The van der Waals surface area contributed by atoms with Crippen molar-refractivity contribution in [1.82, 2.24) is 4.98 Å². The minimum atomic E-state index is -0.365. The van der Waals surface area contributed by atoms with Gasteiger partial charge >= 0.3 is 0 Å².